The van der Waals surface area contributed by atoms with Gasteiger partial charge in [0, 0.05) is 18.7 Å². The molecule has 2 aromatic carbocycles. The molecule has 1 unspecified atom stereocenters. The van der Waals surface area contributed by atoms with E-state index in [9.17, 15) is 26.4 Å². The molecule has 1 saturated heterocycles. The Morgan fingerprint density at radius 1 is 1.09 bits per heavy atom. The molecule has 0 spiro atoms. The summed E-state index contributed by atoms with van der Waals surface area (Å²) in [5.41, 5.74) is -0.337. The predicted molar refractivity (Wildman–Crippen MR) is 117 cm³/mol. The van der Waals surface area contributed by atoms with E-state index >= 15 is 0 Å². The maximum absolute atomic E-state index is 13.2. The van der Waals surface area contributed by atoms with Crippen molar-refractivity contribution in [1.29, 1.82) is 0 Å². The van der Waals surface area contributed by atoms with E-state index in [2.05, 4.69) is 5.32 Å². The van der Waals surface area contributed by atoms with E-state index < -0.39 is 33.7 Å². The van der Waals surface area contributed by atoms with Crippen molar-refractivity contribution in [2.24, 2.45) is 5.92 Å². The highest BCUT2D eigenvalue weighted by atomic mass is 32.2. The monoisotopic (exact) mass is 484 g/mol. The van der Waals surface area contributed by atoms with Crippen molar-refractivity contribution >= 4 is 15.9 Å². The summed E-state index contributed by atoms with van der Waals surface area (Å²) in [6.07, 6.45) is -4.08. The average molecular weight is 485 g/mol. The van der Waals surface area contributed by atoms with Crippen LogP contribution in [0.3, 0.4) is 0 Å². The molecule has 1 atom stereocenters. The van der Waals surface area contributed by atoms with Crippen molar-refractivity contribution in [3.8, 4) is 0 Å². The van der Waals surface area contributed by atoms with E-state index in [-0.39, 0.29) is 29.5 Å². The Kier molecular flexibility index (Phi) is 7.81. The number of alkyl halides is 3. The van der Waals surface area contributed by atoms with Gasteiger partial charge in [-0.15, -0.1) is 0 Å². The third kappa shape index (κ3) is 6.33. The Bertz CT molecular complexity index is 1080. The van der Waals surface area contributed by atoms with Gasteiger partial charge in [-0.25, -0.2) is 8.42 Å². The van der Waals surface area contributed by atoms with Crippen molar-refractivity contribution in [1.82, 2.24) is 9.62 Å². The lowest BCUT2D eigenvalue weighted by atomic mass is 9.95. The van der Waals surface area contributed by atoms with Crippen LogP contribution in [0, 0.1) is 5.92 Å². The SMILES string of the molecule is CC(C)CC(NC(=O)c1cccc(S(=O)(=O)N2CCOCC2)c1)c1cccc(C(F)(F)F)c1. The zero-order valence-electron chi connectivity index (χ0n) is 18.4. The lowest BCUT2D eigenvalue weighted by Crippen LogP contribution is -2.40. The molecule has 0 saturated carbocycles. The summed E-state index contributed by atoms with van der Waals surface area (Å²) in [4.78, 5) is 13.0. The van der Waals surface area contributed by atoms with Gasteiger partial charge in [0.2, 0.25) is 10.0 Å². The number of nitrogens with one attached hydrogen (secondary N) is 1. The van der Waals surface area contributed by atoms with E-state index in [1.807, 2.05) is 13.8 Å². The van der Waals surface area contributed by atoms with Crippen LogP contribution in [-0.4, -0.2) is 44.9 Å². The van der Waals surface area contributed by atoms with Crippen molar-refractivity contribution < 1.29 is 31.1 Å². The number of hydrogen-bond donors (Lipinski definition) is 1. The van der Waals surface area contributed by atoms with Gasteiger partial charge in [0.1, 0.15) is 0 Å². The summed E-state index contributed by atoms with van der Waals surface area (Å²) < 4.78 is 71.9. The molecule has 0 bridgehead atoms. The summed E-state index contributed by atoms with van der Waals surface area (Å²) >= 11 is 0. The summed E-state index contributed by atoms with van der Waals surface area (Å²) in [5, 5.41) is 2.78. The first-order chi connectivity index (χ1) is 15.5. The second kappa shape index (κ2) is 10.2. The van der Waals surface area contributed by atoms with Gasteiger partial charge in [0.15, 0.2) is 0 Å². The molecule has 0 radical (unpaired) electrons. The highest BCUT2D eigenvalue weighted by molar-refractivity contribution is 7.89. The molecule has 0 aromatic heterocycles. The van der Waals surface area contributed by atoms with E-state index in [4.69, 9.17) is 4.74 Å². The van der Waals surface area contributed by atoms with Crippen LogP contribution in [0.25, 0.3) is 0 Å². The molecule has 10 heteroatoms. The molecular weight excluding hydrogens is 457 g/mol. The molecule has 1 aliphatic rings. The molecule has 3 rings (SSSR count). The van der Waals surface area contributed by atoms with Crippen LogP contribution >= 0.6 is 0 Å². The zero-order valence-corrected chi connectivity index (χ0v) is 19.2. The normalized spacial score (nSPS) is 16.5. The number of benzene rings is 2. The Morgan fingerprint density at radius 2 is 1.76 bits per heavy atom. The number of hydrogen-bond acceptors (Lipinski definition) is 4. The van der Waals surface area contributed by atoms with Crippen molar-refractivity contribution in [2.75, 3.05) is 26.3 Å². The molecule has 1 amide bonds. The molecule has 1 heterocycles. The Labute approximate surface area is 191 Å². The van der Waals surface area contributed by atoms with E-state index in [0.29, 0.717) is 25.2 Å². The largest absolute Gasteiger partial charge is 0.416 e. The van der Waals surface area contributed by atoms with Crippen LogP contribution in [0.1, 0.15) is 47.8 Å². The highest BCUT2D eigenvalue weighted by Crippen LogP contribution is 2.32. The molecule has 1 aliphatic heterocycles. The third-order valence-corrected chi connectivity index (χ3v) is 7.23. The van der Waals surface area contributed by atoms with Gasteiger partial charge in [-0.2, -0.15) is 17.5 Å². The number of carbonyl (C=O) groups excluding carboxylic acids is 1. The molecule has 0 aliphatic carbocycles. The lowest BCUT2D eigenvalue weighted by molar-refractivity contribution is -0.137. The van der Waals surface area contributed by atoms with Gasteiger partial charge < -0.3 is 10.1 Å². The summed E-state index contributed by atoms with van der Waals surface area (Å²) in [6, 6.07) is 9.87. The summed E-state index contributed by atoms with van der Waals surface area (Å²) in [6.45, 7) is 4.86. The van der Waals surface area contributed by atoms with Gasteiger partial charge >= 0.3 is 6.18 Å². The van der Waals surface area contributed by atoms with Crippen molar-refractivity contribution in [3.05, 3.63) is 65.2 Å². The minimum absolute atomic E-state index is 0.0171. The maximum Gasteiger partial charge on any atom is 0.416 e. The summed E-state index contributed by atoms with van der Waals surface area (Å²) in [7, 11) is -3.79. The average Bonchev–Trinajstić information content (AvgIpc) is 2.78. The second-order valence-corrected chi connectivity index (χ2v) is 10.3. The van der Waals surface area contributed by atoms with Crippen LogP contribution in [0.5, 0.6) is 0 Å². The lowest BCUT2D eigenvalue weighted by Gasteiger charge is -2.26. The third-order valence-electron chi connectivity index (χ3n) is 5.33. The molecule has 2 aromatic rings. The minimum Gasteiger partial charge on any atom is -0.379 e. The molecule has 6 nitrogen and oxygen atoms in total. The Morgan fingerprint density at radius 3 is 2.39 bits per heavy atom. The van der Waals surface area contributed by atoms with Crippen molar-refractivity contribution in [2.45, 2.75) is 37.4 Å². The second-order valence-electron chi connectivity index (χ2n) is 8.32. The Balaban J connectivity index is 1.85. The van der Waals surface area contributed by atoms with E-state index in [0.717, 1.165) is 12.1 Å². The van der Waals surface area contributed by atoms with Crippen LogP contribution in [-0.2, 0) is 20.9 Å². The number of halogens is 3. The molecule has 180 valence electrons. The fourth-order valence-corrected chi connectivity index (χ4v) is 5.11. The molecule has 1 fully saturated rings. The number of sulfonamides is 1. The minimum atomic E-state index is -4.50. The van der Waals surface area contributed by atoms with E-state index in [1.54, 1.807) is 6.07 Å². The first-order valence-corrected chi connectivity index (χ1v) is 12.1. The van der Waals surface area contributed by atoms with Crippen LogP contribution < -0.4 is 5.32 Å². The van der Waals surface area contributed by atoms with Gasteiger partial charge in [-0.3, -0.25) is 4.79 Å². The topological polar surface area (TPSA) is 75.7 Å². The fourth-order valence-electron chi connectivity index (χ4n) is 3.66. The number of amides is 1. The highest BCUT2D eigenvalue weighted by Gasteiger charge is 2.31. The fraction of sp³-hybridized carbons (Fsp3) is 0.435. The standard InChI is InChI=1S/C23H27F3N2O4S/c1-16(2)13-21(17-5-3-7-19(14-17)23(24,25)26)27-22(29)18-6-4-8-20(15-18)33(30,31)28-9-11-32-12-10-28/h3-8,14-16,21H,9-13H2,1-2H3,(H,27,29). The zero-order chi connectivity index (χ0) is 24.2. The first-order valence-electron chi connectivity index (χ1n) is 10.6. The quantitative estimate of drug-likeness (QED) is 0.638. The number of morpholine rings is 1. The van der Waals surface area contributed by atoms with Gasteiger partial charge in [0.05, 0.1) is 29.7 Å². The molecule has 33 heavy (non-hydrogen) atoms. The van der Waals surface area contributed by atoms with Crippen LogP contribution in [0.15, 0.2) is 53.4 Å². The molecular formula is C23H27F3N2O4S. The number of rotatable bonds is 7. The molecule has 1 N–H and O–H groups in total. The van der Waals surface area contributed by atoms with Gasteiger partial charge in [0.25, 0.3) is 5.91 Å². The van der Waals surface area contributed by atoms with Gasteiger partial charge in [-0.05, 0) is 48.2 Å². The van der Waals surface area contributed by atoms with Crippen LogP contribution in [0.4, 0.5) is 13.2 Å². The van der Waals surface area contributed by atoms with Crippen LogP contribution in [0.2, 0.25) is 0 Å². The number of ether oxygens (including phenoxy) is 1. The van der Waals surface area contributed by atoms with Crippen molar-refractivity contribution in [3.63, 3.8) is 0 Å². The first kappa shape index (κ1) is 25.2. The smallest absolute Gasteiger partial charge is 0.379 e. The number of nitrogens with zero attached hydrogens (tertiary/aromatic N) is 1. The summed E-state index contributed by atoms with van der Waals surface area (Å²) in [5.74, 6) is -0.463. The number of carbonyl (C=O) groups is 1. The predicted octanol–water partition coefficient (Wildman–Crippen LogP) is 4.24. The Hall–Kier alpha value is -2.43. The van der Waals surface area contributed by atoms with E-state index in [1.165, 1.54) is 34.6 Å². The maximum atomic E-state index is 13.2. The van der Waals surface area contributed by atoms with Gasteiger partial charge in [-0.1, -0.05) is 32.0 Å².